The minimum atomic E-state index is -0.262. The Bertz CT molecular complexity index is 807. The Balaban J connectivity index is 2.42. The third-order valence-corrected chi connectivity index (χ3v) is 4.64. The van der Waals surface area contributed by atoms with E-state index in [1.165, 1.54) is 0 Å². The summed E-state index contributed by atoms with van der Waals surface area (Å²) in [7, 11) is 0. The third kappa shape index (κ3) is 2.77. The summed E-state index contributed by atoms with van der Waals surface area (Å²) in [5.41, 5.74) is 2.53. The lowest BCUT2D eigenvalue weighted by molar-refractivity contribution is 0.883. The molecule has 1 aromatic heterocycles. The van der Waals surface area contributed by atoms with Crippen LogP contribution in [-0.4, -0.2) is 9.55 Å². The molecule has 1 unspecified atom stereocenters. The van der Waals surface area contributed by atoms with Gasteiger partial charge in [0.2, 0.25) is 0 Å². The van der Waals surface area contributed by atoms with Gasteiger partial charge in [-0.05, 0) is 59.8 Å². The smallest absolute Gasteiger partial charge is 0.132 e. The fourth-order valence-electron chi connectivity index (χ4n) is 2.28. The number of hydrogen-bond acceptors (Lipinski definition) is 1. The summed E-state index contributed by atoms with van der Waals surface area (Å²) in [5, 5.41) is 0.875. The second-order valence-corrected chi connectivity index (χ2v) is 7.34. The molecule has 0 saturated heterocycles. The summed E-state index contributed by atoms with van der Waals surface area (Å²) in [4.78, 5) is 4.64. The maximum atomic E-state index is 6.35. The third-order valence-electron chi connectivity index (χ3n) is 3.16. The molecule has 0 amide bonds. The van der Waals surface area contributed by atoms with E-state index in [2.05, 4.69) is 27.6 Å². The van der Waals surface area contributed by atoms with Gasteiger partial charge in [0.1, 0.15) is 5.82 Å². The number of fused-ring (bicyclic) bond motifs is 1. The Morgan fingerprint density at radius 3 is 2.43 bits per heavy atom. The van der Waals surface area contributed by atoms with Crippen LogP contribution in [-0.2, 0) is 0 Å². The normalized spacial score (nSPS) is 12.8. The van der Waals surface area contributed by atoms with Crippen LogP contribution in [0.1, 0.15) is 18.1 Å². The van der Waals surface area contributed by atoms with Crippen LogP contribution in [0.4, 0.5) is 0 Å². The van der Waals surface area contributed by atoms with Crippen LogP contribution in [0.25, 0.3) is 16.7 Å². The molecule has 1 heterocycles. The van der Waals surface area contributed by atoms with Crippen LogP contribution < -0.4 is 0 Å². The molecule has 3 aromatic rings. The average Bonchev–Trinajstić information content (AvgIpc) is 2.77. The molecular formula is C15H10Cl3IN2. The highest BCUT2D eigenvalue weighted by Crippen LogP contribution is 2.35. The lowest BCUT2D eigenvalue weighted by Gasteiger charge is -2.13. The van der Waals surface area contributed by atoms with E-state index in [9.17, 15) is 0 Å². The number of aromatic nitrogens is 2. The van der Waals surface area contributed by atoms with E-state index in [0.29, 0.717) is 15.7 Å². The molecule has 3 rings (SSSR count). The fraction of sp³-hybridized carbons (Fsp3) is 0.133. The molecule has 0 aliphatic heterocycles. The van der Waals surface area contributed by atoms with Crippen molar-refractivity contribution in [3.63, 3.8) is 0 Å². The molecule has 2 aromatic carbocycles. The quantitative estimate of drug-likeness (QED) is 0.333. The predicted molar refractivity (Wildman–Crippen MR) is 98.1 cm³/mol. The summed E-state index contributed by atoms with van der Waals surface area (Å²) >= 11 is 21.3. The molecule has 6 heteroatoms. The van der Waals surface area contributed by atoms with Crippen LogP contribution in [0, 0.1) is 3.57 Å². The number of hydrogen-bond donors (Lipinski definition) is 0. The van der Waals surface area contributed by atoms with Gasteiger partial charge in [0.25, 0.3) is 0 Å². The summed E-state index contributed by atoms with van der Waals surface area (Å²) in [5.74, 6) is 0.726. The lowest BCUT2D eigenvalue weighted by atomic mass is 10.2. The van der Waals surface area contributed by atoms with Crippen molar-refractivity contribution in [2.75, 3.05) is 0 Å². The Hall–Kier alpha value is -0.490. The molecule has 0 spiro atoms. The van der Waals surface area contributed by atoms with Crippen molar-refractivity contribution in [3.8, 4) is 5.69 Å². The van der Waals surface area contributed by atoms with Crippen molar-refractivity contribution in [1.82, 2.24) is 9.55 Å². The maximum absolute atomic E-state index is 6.35. The highest BCUT2D eigenvalue weighted by Gasteiger charge is 2.20. The van der Waals surface area contributed by atoms with Gasteiger partial charge in [0.15, 0.2) is 0 Å². The summed E-state index contributed by atoms with van der Waals surface area (Å²) in [6, 6.07) is 11.5. The maximum Gasteiger partial charge on any atom is 0.132 e. The van der Waals surface area contributed by atoms with Crippen LogP contribution in [0.2, 0.25) is 10.0 Å². The molecule has 1 atom stereocenters. The van der Waals surface area contributed by atoms with Gasteiger partial charge in [0.05, 0.1) is 32.1 Å². The fourth-order valence-corrected chi connectivity index (χ4v) is 3.46. The van der Waals surface area contributed by atoms with Crippen molar-refractivity contribution in [2.45, 2.75) is 12.3 Å². The molecule has 0 N–H and O–H groups in total. The molecule has 0 fully saturated rings. The van der Waals surface area contributed by atoms with E-state index in [1.54, 1.807) is 0 Å². The van der Waals surface area contributed by atoms with Crippen molar-refractivity contribution < 1.29 is 0 Å². The van der Waals surface area contributed by atoms with Gasteiger partial charge in [0, 0.05) is 3.57 Å². The number of alkyl halides is 1. The van der Waals surface area contributed by atoms with Crippen LogP contribution in [0.15, 0.2) is 36.4 Å². The van der Waals surface area contributed by atoms with Gasteiger partial charge >= 0.3 is 0 Å². The number of nitrogens with zero attached hydrogens (tertiary/aromatic N) is 2. The van der Waals surface area contributed by atoms with Gasteiger partial charge in [-0.15, -0.1) is 11.6 Å². The van der Waals surface area contributed by atoms with E-state index in [-0.39, 0.29) is 5.38 Å². The number of rotatable bonds is 2. The summed E-state index contributed by atoms with van der Waals surface area (Å²) < 4.78 is 3.05. The lowest BCUT2D eigenvalue weighted by Crippen LogP contribution is -2.03. The monoisotopic (exact) mass is 450 g/mol. The Morgan fingerprint density at radius 1 is 1.14 bits per heavy atom. The Kier molecular flexibility index (Phi) is 4.37. The van der Waals surface area contributed by atoms with Crippen LogP contribution in [0.5, 0.6) is 0 Å². The van der Waals surface area contributed by atoms with E-state index < -0.39 is 0 Å². The minimum absolute atomic E-state index is 0.262. The van der Waals surface area contributed by atoms with E-state index in [0.717, 1.165) is 20.4 Å². The zero-order valence-electron chi connectivity index (χ0n) is 10.9. The molecule has 0 aliphatic rings. The number of benzene rings is 2. The molecule has 108 valence electrons. The second-order valence-electron chi connectivity index (χ2n) is 4.62. The first-order chi connectivity index (χ1) is 9.99. The van der Waals surface area contributed by atoms with Gasteiger partial charge < -0.3 is 0 Å². The molecule has 0 aliphatic carbocycles. The standard InChI is InChI=1S/C15H10Cl3IN2/c1-8(16)15-20-12-7-9(19)5-6-13(12)21(15)14-10(17)3-2-4-11(14)18/h2-8H,1H3. The topological polar surface area (TPSA) is 17.8 Å². The number of halogens is 4. The van der Waals surface area contributed by atoms with E-state index >= 15 is 0 Å². The average molecular weight is 452 g/mol. The molecule has 2 nitrogen and oxygen atoms in total. The Morgan fingerprint density at radius 2 is 1.81 bits per heavy atom. The number of para-hydroxylation sites is 1. The van der Waals surface area contributed by atoms with Gasteiger partial charge in [-0.25, -0.2) is 4.98 Å². The zero-order valence-corrected chi connectivity index (χ0v) is 15.4. The Labute approximate surface area is 151 Å². The minimum Gasteiger partial charge on any atom is -0.292 e. The van der Waals surface area contributed by atoms with Crippen molar-refractivity contribution in [2.24, 2.45) is 0 Å². The van der Waals surface area contributed by atoms with Gasteiger partial charge in [-0.1, -0.05) is 29.3 Å². The molecule has 0 bridgehead atoms. The first kappa shape index (κ1) is 15.4. The SMILES string of the molecule is CC(Cl)c1nc2cc(I)ccc2n1-c1c(Cl)cccc1Cl. The summed E-state index contributed by atoms with van der Waals surface area (Å²) in [6.45, 7) is 1.88. The predicted octanol–water partition coefficient (Wildman–Crippen LogP) is 6.24. The van der Waals surface area contributed by atoms with Crippen molar-refractivity contribution >= 4 is 68.4 Å². The van der Waals surface area contributed by atoms with Crippen molar-refractivity contribution in [1.29, 1.82) is 0 Å². The highest BCUT2D eigenvalue weighted by molar-refractivity contribution is 14.1. The highest BCUT2D eigenvalue weighted by atomic mass is 127. The van der Waals surface area contributed by atoms with Crippen LogP contribution >= 0.6 is 57.4 Å². The van der Waals surface area contributed by atoms with Crippen LogP contribution in [0.3, 0.4) is 0 Å². The first-order valence-electron chi connectivity index (χ1n) is 6.25. The largest absolute Gasteiger partial charge is 0.292 e. The zero-order chi connectivity index (χ0) is 15.1. The molecule has 21 heavy (non-hydrogen) atoms. The van der Waals surface area contributed by atoms with Gasteiger partial charge in [-0.2, -0.15) is 0 Å². The molecule has 0 saturated carbocycles. The summed E-state index contributed by atoms with van der Waals surface area (Å²) in [6.07, 6.45) is 0. The van der Waals surface area contributed by atoms with E-state index in [1.807, 2.05) is 47.9 Å². The second kappa shape index (κ2) is 5.95. The van der Waals surface area contributed by atoms with E-state index in [4.69, 9.17) is 34.8 Å². The molecular weight excluding hydrogens is 441 g/mol. The van der Waals surface area contributed by atoms with Crippen molar-refractivity contribution in [3.05, 3.63) is 55.8 Å². The molecule has 0 radical (unpaired) electrons. The first-order valence-corrected chi connectivity index (χ1v) is 8.52. The number of imidazole rings is 1. The van der Waals surface area contributed by atoms with Gasteiger partial charge in [-0.3, -0.25) is 4.57 Å².